The highest BCUT2D eigenvalue weighted by molar-refractivity contribution is 5.78. The van der Waals surface area contributed by atoms with E-state index >= 15 is 0 Å². The summed E-state index contributed by atoms with van der Waals surface area (Å²) in [4.78, 5) is 19.4. The van der Waals surface area contributed by atoms with Crippen LogP contribution in [-0.4, -0.2) is 86.1 Å². The molecule has 3 aliphatic rings. The Hall–Kier alpha value is -0.650. The molecule has 1 N–H and O–H groups in total. The summed E-state index contributed by atoms with van der Waals surface area (Å²) in [6.45, 7) is 7.92. The van der Waals surface area contributed by atoms with E-state index in [4.69, 9.17) is 0 Å². The smallest absolute Gasteiger partial charge is 0.236 e. The first-order chi connectivity index (χ1) is 10.2. The van der Waals surface area contributed by atoms with Crippen LogP contribution in [-0.2, 0) is 4.79 Å². The molecule has 1 atom stereocenters. The number of amides is 1. The van der Waals surface area contributed by atoms with E-state index in [1.54, 1.807) is 0 Å². The van der Waals surface area contributed by atoms with Gasteiger partial charge in [-0.3, -0.25) is 9.69 Å². The van der Waals surface area contributed by atoms with Crippen LogP contribution in [0.4, 0.5) is 0 Å². The Balaban J connectivity index is 1.52. The highest BCUT2D eigenvalue weighted by atomic mass is 16.2. The molecule has 0 saturated carbocycles. The van der Waals surface area contributed by atoms with Gasteiger partial charge in [-0.25, -0.2) is 0 Å². The van der Waals surface area contributed by atoms with Gasteiger partial charge in [0.15, 0.2) is 0 Å². The van der Waals surface area contributed by atoms with Crippen LogP contribution in [0.5, 0.6) is 0 Å². The molecule has 0 bridgehead atoms. The third kappa shape index (κ3) is 3.76. The van der Waals surface area contributed by atoms with E-state index in [-0.39, 0.29) is 0 Å². The summed E-state index contributed by atoms with van der Waals surface area (Å²) in [5.41, 5.74) is 0. The molecule has 5 heteroatoms. The van der Waals surface area contributed by atoms with Crippen molar-refractivity contribution in [2.24, 2.45) is 5.92 Å². The van der Waals surface area contributed by atoms with Crippen molar-refractivity contribution in [3.8, 4) is 0 Å². The molecule has 1 amide bonds. The molecule has 3 rings (SSSR count). The van der Waals surface area contributed by atoms with Crippen LogP contribution in [0.3, 0.4) is 0 Å². The lowest BCUT2D eigenvalue weighted by atomic mass is 9.89. The maximum Gasteiger partial charge on any atom is 0.236 e. The largest absolute Gasteiger partial charge is 0.339 e. The predicted molar refractivity (Wildman–Crippen MR) is 84.3 cm³/mol. The topological polar surface area (TPSA) is 38.8 Å². The molecule has 5 nitrogen and oxygen atoms in total. The van der Waals surface area contributed by atoms with Crippen LogP contribution in [0.15, 0.2) is 0 Å². The van der Waals surface area contributed by atoms with E-state index in [0.717, 1.165) is 51.7 Å². The third-order valence-corrected chi connectivity index (χ3v) is 5.54. The highest BCUT2D eigenvalue weighted by Crippen LogP contribution is 2.29. The van der Waals surface area contributed by atoms with Gasteiger partial charge in [0, 0.05) is 32.2 Å². The van der Waals surface area contributed by atoms with E-state index in [9.17, 15) is 4.79 Å². The molecule has 0 aromatic rings. The molecule has 120 valence electrons. The van der Waals surface area contributed by atoms with Crippen molar-refractivity contribution < 1.29 is 4.79 Å². The number of rotatable bonds is 3. The maximum atomic E-state index is 12.5. The first kappa shape index (κ1) is 15.3. The van der Waals surface area contributed by atoms with E-state index in [0.29, 0.717) is 18.5 Å². The molecule has 3 saturated heterocycles. The van der Waals surface area contributed by atoms with Gasteiger partial charge >= 0.3 is 0 Å². The van der Waals surface area contributed by atoms with Gasteiger partial charge in [-0.2, -0.15) is 0 Å². The zero-order chi connectivity index (χ0) is 14.7. The van der Waals surface area contributed by atoms with Gasteiger partial charge in [0.1, 0.15) is 0 Å². The van der Waals surface area contributed by atoms with Crippen LogP contribution >= 0.6 is 0 Å². The van der Waals surface area contributed by atoms with Gasteiger partial charge in [0.25, 0.3) is 0 Å². The predicted octanol–water partition coefficient (Wildman–Crippen LogP) is 0.224. The molecule has 0 aromatic carbocycles. The number of piperidine rings is 1. The lowest BCUT2D eigenvalue weighted by molar-refractivity contribution is -0.134. The van der Waals surface area contributed by atoms with Crippen molar-refractivity contribution in [1.29, 1.82) is 0 Å². The van der Waals surface area contributed by atoms with Gasteiger partial charge in [0.05, 0.1) is 6.54 Å². The number of piperazine rings is 1. The number of nitrogens with zero attached hydrogens (tertiary/aromatic N) is 3. The van der Waals surface area contributed by atoms with Crippen molar-refractivity contribution >= 4 is 5.91 Å². The van der Waals surface area contributed by atoms with Crippen LogP contribution in [0, 0.1) is 5.92 Å². The Morgan fingerprint density at radius 2 is 1.76 bits per heavy atom. The quantitative estimate of drug-likeness (QED) is 0.808. The Labute approximate surface area is 128 Å². The Morgan fingerprint density at radius 3 is 2.48 bits per heavy atom. The molecule has 3 heterocycles. The lowest BCUT2D eigenvalue weighted by Crippen LogP contribution is -2.51. The molecular weight excluding hydrogens is 264 g/mol. The van der Waals surface area contributed by atoms with Crippen molar-refractivity contribution in [3.05, 3.63) is 0 Å². The molecule has 0 spiro atoms. The minimum absolute atomic E-state index is 0.351. The average molecular weight is 294 g/mol. The summed E-state index contributed by atoms with van der Waals surface area (Å²) < 4.78 is 0. The fourth-order valence-electron chi connectivity index (χ4n) is 4.14. The third-order valence-electron chi connectivity index (χ3n) is 5.54. The van der Waals surface area contributed by atoms with Crippen LogP contribution in [0.2, 0.25) is 0 Å². The van der Waals surface area contributed by atoms with Crippen molar-refractivity contribution in [1.82, 2.24) is 20.0 Å². The van der Waals surface area contributed by atoms with E-state index < -0.39 is 0 Å². The number of hydrogen-bond acceptors (Lipinski definition) is 4. The van der Waals surface area contributed by atoms with Crippen molar-refractivity contribution in [3.63, 3.8) is 0 Å². The molecule has 3 aliphatic heterocycles. The normalized spacial score (nSPS) is 30.0. The van der Waals surface area contributed by atoms with Crippen molar-refractivity contribution in [2.45, 2.75) is 31.7 Å². The monoisotopic (exact) mass is 294 g/mol. The van der Waals surface area contributed by atoms with Crippen LogP contribution in [0.1, 0.15) is 25.7 Å². The van der Waals surface area contributed by atoms with Gasteiger partial charge in [-0.1, -0.05) is 0 Å². The molecular formula is C16H30N4O. The number of carbonyl (C=O) groups excluding carboxylic acids is 1. The summed E-state index contributed by atoms with van der Waals surface area (Å²) >= 11 is 0. The van der Waals surface area contributed by atoms with Gasteiger partial charge in [0.2, 0.25) is 5.91 Å². The number of hydrogen-bond donors (Lipinski definition) is 1. The molecule has 3 fully saturated rings. The van der Waals surface area contributed by atoms with Gasteiger partial charge in [-0.05, 0) is 58.3 Å². The first-order valence-corrected chi connectivity index (χ1v) is 8.65. The SMILES string of the molecule is CN1CCN(C(=O)CN2CCCC2C2CCNCC2)CC1. The summed E-state index contributed by atoms with van der Waals surface area (Å²) in [5, 5.41) is 3.45. The van der Waals surface area contributed by atoms with E-state index in [1.165, 1.54) is 25.7 Å². The summed E-state index contributed by atoms with van der Waals surface area (Å²) in [7, 11) is 2.13. The lowest BCUT2D eigenvalue weighted by Gasteiger charge is -2.37. The zero-order valence-corrected chi connectivity index (χ0v) is 13.4. The van der Waals surface area contributed by atoms with E-state index in [2.05, 4.69) is 27.1 Å². The molecule has 0 radical (unpaired) electrons. The first-order valence-electron chi connectivity index (χ1n) is 8.65. The average Bonchev–Trinajstić information content (AvgIpc) is 2.97. The number of carbonyl (C=O) groups is 1. The molecule has 0 aromatic heterocycles. The maximum absolute atomic E-state index is 12.5. The van der Waals surface area contributed by atoms with Crippen LogP contribution in [0.25, 0.3) is 0 Å². The standard InChI is InChI=1S/C16H30N4O/c1-18-9-11-19(12-10-18)16(21)13-20-8-2-3-15(20)14-4-6-17-7-5-14/h14-15,17H,2-13H2,1H3. The van der Waals surface area contributed by atoms with Gasteiger partial charge in [-0.15, -0.1) is 0 Å². The molecule has 0 aliphatic carbocycles. The number of nitrogens with one attached hydrogen (secondary N) is 1. The zero-order valence-electron chi connectivity index (χ0n) is 13.4. The second kappa shape index (κ2) is 7.07. The molecule has 1 unspecified atom stereocenters. The summed E-state index contributed by atoms with van der Waals surface area (Å²) in [5.74, 6) is 1.15. The Morgan fingerprint density at radius 1 is 1.05 bits per heavy atom. The number of likely N-dealkylation sites (N-methyl/N-ethyl adjacent to an activating group) is 1. The van der Waals surface area contributed by atoms with E-state index in [1.807, 2.05) is 0 Å². The fourth-order valence-corrected chi connectivity index (χ4v) is 4.14. The Bertz CT molecular complexity index is 348. The fraction of sp³-hybridized carbons (Fsp3) is 0.938. The molecule has 21 heavy (non-hydrogen) atoms. The minimum Gasteiger partial charge on any atom is -0.339 e. The second-order valence-electron chi connectivity index (χ2n) is 6.95. The minimum atomic E-state index is 0.351. The van der Waals surface area contributed by atoms with Crippen molar-refractivity contribution in [2.75, 3.05) is 59.4 Å². The number of likely N-dealkylation sites (tertiary alicyclic amines) is 1. The van der Waals surface area contributed by atoms with Crippen LogP contribution < -0.4 is 5.32 Å². The highest BCUT2D eigenvalue weighted by Gasteiger charge is 2.34. The summed E-state index contributed by atoms with van der Waals surface area (Å²) in [6.07, 6.45) is 5.12. The summed E-state index contributed by atoms with van der Waals surface area (Å²) in [6, 6.07) is 0.656. The Kier molecular flexibility index (Phi) is 5.14. The second-order valence-corrected chi connectivity index (χ2v) is 6.95. The van der Waals surface area contributed by atoms with Gasteiger partial charge < -0.3 is 15.1 Å².